The molecule has 22 heavy (non-hydrogen) atoms. The quantitative estimate of drug-likeness (QED) is 0.479. The van der Waals surface area contributed by atoms with Gasteiger partial charge >= 0.3 is 141 Å². The van der Waals surface area contributed by atoms with Gasteiger partial charge in [-0.1, -0.05) is 0 Å². The van der Waals surface area contributed by atoms with Crippen LogP contribution in [0, 0.1) is 10.7 Å². The molecule has 0 aliphatic rings. The van der Waals surface area contributed by atoms with Gasteiger partial charge in [-0.15, -0.1) is 0 Å². The first-order valence-electron chi connectivity index (χ1n) is 6.94. The fourth-order valence-electron chi connectivity index (χ4n) is 2.01. The van der Waals surface area contributed by atoms with Crippen molar-refractivity contribution in [2.24, 2.45) is 0 Å². The van der Waals surface area contributed by atoms with Crippen LogP contribution in [0.5, 0.6) is 0 Å². The molecular formula is C20H14ClSe+. The van der Waals surface area contributed by atoms with E-state index in [1.54, 1.807) is 0 Å². The molecule has 0 amide bonds. The van der Waals surface area contributed by atoms with Gasteiger partial charge in [0.15, 0.2) is 0 Å². The second-order valence-electron chi connectivity index (χ2n) is 4.67. The Morgan fingerprint density at radius 3 is 1.64 bits per heavy atom. The molecule has 0 unspecified atom stereocenters. The Morgan fingerprint density at radius 1 is 0.636 bits per heavy atom. The zero-order valence-electron chi connectivity index (χ0n) is 11.9. The average Bonchev–Trinajstić information content (AvgIpc) is 2.59. The second-order valence-corrected chi connectivity index (χ2v) is 8.79. The summed E-state index contributed by atoms with van der Waals surface area (Å²) < 4.78 is 2.66. The van der Waals surface area contributed by atoms with Gasteiger partial charge in [-0.3, -0.25) is 0 Å². The number of rotatable bonds is 2. The molecule has 0 saturated carbocycles. The Bertz CT molecular complexity index is 744. The van der Waals surface area contributed by atoms with Crippen molar-refractivity contribution in [2.45, 2.75) is 0 Å². The topological polar surface area (TPSA) is 0 Å². The van der Waals surface area contributed by atoms with E-state index in [1.807, 2.05) is 36.4 Å². The van der Waals surface area contributed by atoms with Crippen LogP contribution in [0.25, 0.3) is 0 Å². The van der Waals surface area contributed by atoms with Crippen molar-refractivity contribution >= 4 is 34.4 Å². The summed E-state index contributed by atoms with van der Waals surface area (Å²) in [6.45, 7) is 0. The molecule has 0 atom stereocenters. The van der Waals surface area contributed by atoms with Crippen molar-refractivity contribution in [3.05, 3.63) is 95.5 Å². The van der Waals surface area contributed by atoms with E-state index < -0.39 is 13.9 Å². The fourth-order valence-corrected chi connectivity index (χ4v) is 5.46. The summed E-state index contributed by atoms with van der Waals surface area (Å²) in [6.07, 6.45) is 0. The van der Waals surface area contributed by atoms with Crippen molar-refractivity contribution in [3.63, 3.8) is 0 Å². The summed E-state index contributed by atoms with van der Waals surface area (Å²) in [5.41, 5.74) is 1.00. The Labute approximate surface area is 140 Å². The fraction of sp³-hybridized carbons (Fsp3) is 0. The van der Waals surface area contributed by atoms with E-state index >= 15 is 0 Å². The molecule has 0 bridgehead atoms. The molecule has 3 aromatic rings. The predicted octanol–water partition coefficient (Wildman–Crippen LogP) is 3.54. The molecule has 0 fully saturated rings. The molecule has 2 heteroatoms. The van der Waals surface area contributed by atoms with E-state index in [1.165, 1.54) is 8.92 Å². The van der Waals surface area contributed by atoms with Gasteiger partial charge in [-0.2, -0.15) is 0 Å². The van der Waals surface area contributed by atoms with E-state index in [0.29, 0.717) is 0 Å². The molecule has 3 rings (SSSR count). The van der Waals surface area contributed by atoms with E-state index in [2.05, 4.69) is 59.3 Å². The SMILES string of the molecule is Clc1ccc(C#C[Se+](c2ccccc2)c2ccccc2)cc1. The van der Waals surface area contributed by atoms with Crippen molar-refractivity contribution in [1.82, 2.24) is 0 Å². The molecule has 0 nitrogen and oxygen atoms in total. The Hall–Kier alpha value is -1.97. The zero-order valence-corrected chi connectivity index (χ0v) is 14.3. The minimum absolute atomic E-state index is 0.740. The summed E-state index contributed by atoms with van der Waals surface area (Å²) in [5.74, 6) is 3.32. The van der Waals surface area contributed by atoms with Crippen LogP contribution in [-0.4, -0.2) is 13.9 Å². The summed E-state index contributed by atoms with van der Waals surface area (Å²) >= 11 is 4.56. The molecule has 0 spiro atoms. The van der Waals surface area contributed by atoms with Crippen LogP contribution in [0.1, 0.15) is 5.56 Å². The Balaban J connectivity index is 1.98. The summed E-state index contributed by atoms with van der Waals surface area (Å²) in [4.78, 5) is 3.52. The molecule has 0 aromatic heterocycles. The zero-order chi connectivity index (χ0) is 15.2. The van der Waals surface area contributed by atoms with Crippen LogP contribution in [0.4, 0.5) is 0 Å². The normalized spacial score (nSPS) is 10.1. The van der Waals surface area contributed by atoms with Crippen LogP contribution in [0.3, 0.4) is 0 Å². The first-order valence-corrected chi connectivity index (χ1v) is 9.89. The number of hydrogen-bond donors (Lipinski definition) is 0. The summed E-state index contributed by atoms with van der Waals surface area (Å²) in [7, 11) is 0. The second kappa shape index (κ2) is 7.34. The molecule has 0 N–H and O–H groups in total. The van der Waals surface area contributed by atoms with Crippen molar-refractivity contribution in [2.75, 3.05) is 0 Å². The third kappa shape index (κ3) is 3.81. The number of benzene rings is 3. The molecule has 0 aliphatic heterocycles. The molecule has 106 valence electrons. The van der Waals surface area contributed by atoms with Crippen LogP contribution in [0.15, 0.2) is 84.9 Å². The van der Waals surface area contributed by atoms with E-state index in [0.717, 1.165) is 10.6 Å². The van der Waals surface area contributed by atoms with Crippen LogP contribution >= 0.6 is 11.6 Å². The number of hydrogen-bond acceptors (Lipinski definition) is 0. The van der Waals surface area contributed by atoms with Gasteiger partial charge in [-0.25, -0.2) is 0 Å². The minimum atomic E-state index is -1.37. The van der Waals surface area contributed by atoms with Gasteiger partial charge in [0.1, 0.15) is 0 Å². The van der Waals surface area contributed by atoms with Crippen molar-refractivity contribution < 1.29 is 0 Å². The standard InChI is InChI=1S/C20H14ClSe/c21-18-13-11-17(12-14-18)15-16-22(19-7-3-1-4-8-19)20-9-5-2-6-10-20/h1-14H/q+1. The van der Waals surface area contributed by atoms with Gasteiger partial charge in [0, 0.05) is 0 Å². The van der Waals surface area contributed by atoms with Crippen molar-refractivity contribution in [1.29, 1.82) is 0 Å². The van der Waals surface area contributed by atoms with Crippen LogP contribution in [0.2, 0.25) is 5.02 Å². The summed E-state index contributed by atoms with van der Waals surface area (Å²) in [5, 5.41) is 0.740. The molecule has 0 radical (unpaired) electrons. The predicted molar refractivity (Wildman–Crippen MR) is 96.2 cm³/mol. The first-order chi connectivity index (χ1) is 10.8. The molecule has 0 aliphatic carbocycles. The van der Waals surface area contributed by atoms with E-state index in [4.69, 9.17) is 11.6 Å². The molecular weight excluding hydrogens is 355 g/mol. The number of halogens is 1. The van der Waals surface area contributed by atoms with E-state index in [-0.39, 0.29) is 0 Å². The van der Waals surface area contributed by atoms with Gasteiger partial charge < -0.3 is 0 Å². The Kier molecular flexibility index (Phi) is 4.99. The van der Waals surface area contributed by atoms with Gasteiger partial charge in [0.2, 0.25) is 0 Å². The monoisotopic (exact) mass is 369 g/mol. The average molecular weight is 369 g/mol. The molecule has 3 aromatic carbocycles. The van der Waals surface area contributed by atoms with Gasteiger partial charge in [0.05, 0.1) is 0 Å². The van der Waals surface area contributed by atoms with Crippen molar-refractivity contribution in [3.8, 4) is 10.7 Å². The molecule has 0 saturated heterocycles. The third-order valence-electron chi connectivity index (χ3n) is 3.10. The van der Waals surface area contributed by atoms with Crippen LogP contribution < -0.4 is 8.92 Å². The van der Waals surface area contributed by atoms with Gasteiger partial charge in [-0.05, 0) is 0 Å². The van der Waals surface area contributed by atoms with Gasteiger partial charge in [0.25, 0.3) is 0 Å². The molecule has 0 heterocycles. The summed E-state index contributed by atoms with van der Waals surface area (Å²) in [6, 6.07) is 28.8. The maximum absolute atomic E-state index is 5.93. The third-order valence-corrected chi connectivity index (χ3v) is 7.11. The maximum atomic E-state index is 5.93. The van der Waals surface area contributed by atoms with E-state index in [9.17, 15) is 0 Å². The Morgan fingerprint density at radius 2 is 1.14 bits per heavy atom. The first kappa shape index (κ1) is 14.9. The van der Waals surface area contributed by atoms with Crippen LogP contribution in [-0.2, 0) is 0 Å².